The number of hydrogen-bond donors (Lipinski definition) is 2. The van der Waals surface area contributed by atoms with Crippen molar-refractivity contribution in [1.82, 2.24) is 4.90 Å². The summed E-state index contributed by atoms with van der Waals surface area (Å²) in [7, 11) is 1.68. The van der Waals surface area contributed by atoms with E-state index in [0.29, 0.717) is 25.0 Å². The number of quaternary nitrogens is 2. The van der Waals surface area contributed by atoms with E-state index in [1.807, 2.05) is 12.1 Å². The highest BCUT2D eigenvalue weighted by atomic mass is 16.5. The molecule has 0 aromatic heterocycles. The van der Waals surface area contributed by atoms with Gasteiger partial charge in [-0.05, 0) is 30.5 Å². The molecule has 2 fully saturated rings. The second kappa shape index (κ2) is 9.42. The van der Waals surface area contributed by atoms with Gasteiger partial charge in [0.15, 0.2) is 6.54 Å². The molecule has 0 bridgehead atoms. The number of rotatable bonds is 8. The average Bonchev–Trinajstić information content (AvgIpc) is 3.60. The number of hydrogen-bond acceptors (Lipinski definition) is 2. The van der Waals surface area contributed by atoms with E-state index in [4.69, 9.17) is 4.74 Å². The molecule has 1 aliphatic carbocycles. The van der Waals surface area contributed by atoms with Crippen LogP contribution >= 0.6 is 0 Å². The van der Waals surface area contributed by atoms with Crippen molar-refractivity contribution in [3.05, 3.63) is 65.7 Å². The normalized spacial score (nSPS) is 21.6. The Balaban J connectivity index is 1.27. The lowest BCUT2D eigenvalue weighted by molar-refractivity contribution is -1.02. The Hall–Kier alpha value is -2.37. The minimum absolute atomic E-state index is 0.310. The van der Waals surface area contributed by atoms with Crippen molar-refractivity contribution in [2.75, 3.05) is 39.8 Å². The number of methoxy groups -OCH3 is 1. The number of carbonyl (C=O) groups is 1. The SMILES string of the molecule is COc1ccc(CN(C(=O)C[NH+]2CC[NH+](Cc3ccccc3)CC2)C2CC2)cc1. The quantitative estimate of drug-likeness (QED) is 0.669. The summed E-state index contributed by atoms with van der Waals surface area (Å²) in [6.45, 7) is 6.87. The first kappa shape index (κ1) is 19.9. The predicted molar refractivity (Wildman–Crippen MR) is 113 cm³/mol. The molecule has 2 N–H and O–H groups in total. The van der Waals surface area contributed by atoms with E-state index >= 15 is 0 Å². The molecular weight excluding hydrogens is 362 g/mol. The number of benzene rings is 2. The maximum atomic E-state index is 13.1. The number of carbonyl (C=O) groups excluding carboxylic acids is 1. The fourth-order valence-corrected chi connectivity index (χ4v) is 4.25. The van der Waals surface area contributed by atoms with E-state index in [1.54, 1.807) is 12.0 Å². The smallest absolute Gasteiger partial charge is 0.278 e. The largest absolute Gasteiger partial charge is 0.497 e. The third-order valence-corrected chi connectivity index (χ3v) is 6.18. The van der Waals surface area contributed by atoms with Crippen molar-refractivity contribution >= 4 is 5.91 Å². The summed E-state index contributed by atoms with van der Waals surface area (Å²) in [6, 6.07) is 19.3. The van der Waals surface area contributed by atoms with Crippen LogP contribution in [-0.4, -0.2) is 56.7 Å². The first-order chi connectivity index (χ1) is 14.2. The van der Waals surface area contributed by atoms with Gasteiger partial charge in [-0.1, -0.05) is 42.5 Å². The van der Waals surface area contributed by atoms with E-state index in [1.165, 1.54) is 16.0 Å². The average molecular weight is 396 g/mol. The number of ether oxygens (including phenoxy) is 1. The molecule has 2 aromatic rings. The zero-order chi connectivity index (χ0) is 20.1. The van der Waals surface area contributed by atoms with E-state index in [2.05, 4.69) is 47.4 Å². The maximum absolute atomic E-state index is 13.1. The van der Waals surface area contributed by atoms with Crippen LogP contribution in [0.5, 0.6) is 5.75 Å². The second-order valence-corrected chi connectivity index (χ2v) is 8.44. The van der Waals surface area contributed by atoms with Crippen LogP contribution in [0.1, 0.15) is 24.0 Å². The van der Waals surface area contributed by atoms with Gasteiger partial charge in [0, 0.05) is 18.2 Å². The third kappa shape index (κ3) is 5.58. The maximum Gasteiger partial charge on any atom is 0.278 e. The molecule has 1 aliphatic heterocycles. The van der Waals surface area contributed by atoms with Crippen LogP contribution in [0, 0.1) is 0 Å². The van der Waals surface area contributed by atoms with Crippen molar-refractivity contribution in [2.24, 2.45) is 0 Å². The molecule has 4 rings (SSSR count). The lowest BCUT2D eigenvalue weighted by Crippen LogP contribution is -3.28. The Morgan fingerprint density at radius 2 is 1.59 bits per heavy atom. The standard InChI is InChI=1S/C24H31N3O2/c1-29-23-11-7-21(8-12-23)18-27(22-9-10-22)24(28)19-26-15-13-25(14-16-26)17-20-5-3-2-4-6-20/h2-8,11-12,22H,9-10,13-19H2,1H3/p+2. The van der Waals surface area contributed by atoms with Gasteiger partial charge in [-0.15, -0.1) is 0 Å². The highest BCUT2D eigenvalue weighted by Crippen LogP contribution is 2.28. The Morgan fingerprint density at radius 3 is 2.21 bits per heavy atom. The molecule has 1 saturated carbocycles. The Morgan fingerprint density at radius 1 is 0.931 bits per heavy atom. The Kier molecular flexibility index (Phi) is 6.47. The van der Waals surface area contributed by atoms with E-state index in [-0.39, 0.29) is 0 Å². The summed E-state index contributed by atoms with van der Waals surface area (Å²) < 4.78 is 5.24. The molecule has 5 nitrogen and oxygen atoms in total. The molecule has 1 saturated heterocycles. The van der Waals surface area contributed by atoms with Crippen molar-refractivity contribution < 1.29 is 19.3 Å². The molecule has 1 heterocycles. The van der Waals surface area contributed by atoms with Gasteiger partial charge in [-0.25, -0.2) is 0 Å². The monoisotopic (exact) mass is 395 g/mol. The highest BCUT2D eigenvalue weighted by molar-refractivity contribution is 5.77. The first-order valence-corrected chi connectivity index (χ1v) is 10.8. The minimum atomic E-state index is 0.310. The fourth-order valence-electron chi connectivity index (χ4n) is 4.25. The Labute approximate surface area is 173 Å². The van der Waals surface area contributed by atoms with Crippen molar-refractivity contribution in [1.29, 1.82) is 0 Å². The number of nitrogens with one attached hydrogen (secondary N) is 2. The number of nitrogens with zero attached hydrogens (tertiary/aromatic N) is 1. The molecule has 29 heavy (non-hydrogen) atoms. The fraction of sp³-hybridized carbons (Fsp3) is 0.458. The lowest BCUT2D eigenvalue weighted by atomic mass is 10.2. The summed E-state index contributed by atoms with van der Waals surface area (Å²) in [5.74, 6) is 1.17. The zero-order valence-electron chi connectivity index (χ0n) is 17.4. The van der Waals surface area contributed by atoms with Gasteiger partial charge in [0.05, 0.1) is 7.11 Å². The van der Waals surface area contributed by atoms with Crippen LogP contribution in [0.3, 0.4) is 0 Å². The Bertz CT molecular complexity index is 782. The van der Waals surface area contributed by atoms with E-state index < -0.39 is 0 Å². The van der Waals surface area contributed by atoms with Crippen molar-refractivity contribution in [2.45, 2.75) is 32.0 Å². The molecule has 154 valence electrons. The molecule has 5 heteroatoms. The van der Waals surface area contributed by atoms with Crippen molar-refractivity contribution in [3.63, 3.8) is 0 Å². The minimum Gasteiger partial charge on any atom is -0.497 e. The van der Waals surface area contributed by atoms with Crippen LogP contribution in [-0.2, 0) is 17.9 Å². The summed E-state index contributed by atoms with van der Waals surface area (Å²) in [6.07, 6.45) is 2.29. The van der Waals surface area contributed by atoms with Crippen LogP contribution in [0.4, 0.5) is 0 Å². The third-order valence-electron chi connectivity index (χ3n) is 6.18. The van der Waals surface area contributed by atoms with E-state index in [0.717, 1.165) is 51.3 Å². The second-order valence-electron chi connectivity index (χ2n) is 8.44. The zero-order valence-corrected chi connectivity index (χ0v) is 17.4. The van der Waals surface area contributed by atoms with E-state index in [9.17, 15) is 4.79 Å². The van der Waals surface area contributed by atoms with Crippen LogP contribution < -0.4 is 14.5 Å². The first-order valence-electron chi connectivity index (χ1n) is 10.8. The summed E-state index contributed by atoms with van der Waals surface area (Å²) in [5, 5.41) is 0. The molecule has 0 spiro atoms. The molecule has 2 aliphatic rings. The molecule has 0 unspecified atom stereocenters. The predicted octanol–water partition coefficient (Wildman–Crippen LogP) is 0.170. The summed E-state index contributed by atoms with van der Waals surface area (Å²) in [4.78, 5) is 18.2. The number of amides is 1. The van der Waals surface area contributed by atoms with Crippen LogP contribution in [0.2, 0.25) is 0 Å². The molecular formula is C24H33N3O2+2. The summed E-state index contributed by atoms with van der Waals surface area (Å²) in [5.41, 5.74) is 2.58. The lowest BCUT2D eigenvalue weighted by Gasteiger charge is -2.31. The van der Waals surface area contributed by atoms with Gasteiger partial charge in [-0.3, -0.25) is 4.79 Å². The number of piperazine rings is 1. The van der Waals surface area contributed by atoms with Crippen LogP contribution in [0.25, 0.3) is 0 Å². The molecule has 1 amide bonds. The molecule has 2 aromatic carbocycles. The van der Waals surface area contributed by atoms with Gasteiger partial charge in [0.25, 0.3) is 5.91 Å². The van der Waals surface area contributed by atoms with Gasteiger partial charge in [0.1, 0.15) is 38.5 Å². The molecule has 0 radical (unpaired) electrons. The van der Waals surface area contributed by atoms with Gasteiger partial charge in [0.2, 0.25) is 0 Å². The van der Waals surface area contributed by atoms with Gasteiger partial charge in [-0.2, -0.15) is 0 Å². The van der Waals surface area contributed by atoms with Crippen LogP contribution in [0.15, 0.2) is 54.6 Å². The van der Waals surface area contributed by atoms with Crippen molar-refractivity contribution in [3.8, 4) is 5.75 Å². The van der Waals surface area contributed by atoms with Gasteiger partial charge < -0.3 is 19.4 Å². The molecule has 0 atom stereocenters. The topological polar surface area (TPSA) is 38.4 Å². The summed E-state index contributed by atoms with van der Waals surface area (Å²) >= 11 is 0. The van der Waals surface area contributed by atoms with Gasteiger partial charge >= 0.3 is 0 Å². The highest BCUT2D eigenvalue weighted by Gasteiger charge is 2.35.